The van der Waals surface area contributed by atoms with E-state index in [1.54, 1.807) is 24.3 Å². The van der Waals surface area contributed by atoms with Crippen molar-refractivity contribution in [3.05, 3.63) is 40.9 Å². The summed E-state index contributed by atoms with van der Waals surface area (Å²) in [6, 6.07) is 8.30. The van der Waals surface area contributed by atoms with Crippen molar-refractivity contribution in [2.45, 2.75) is 0 Å². The van der Waals surface area contributed by atoms with Crippen LogP contribution in [0.2, 0.25) is 5.02 Å². The number of benzene rings is 2. The monoisotopic (exact) mass is 236 g/mol. The van der Waals surface area contributed by atoms with E-state index in [9.17, 15) is 9.90 Å². The highest BCUT2D eigenvalue weighted by Crippen LogP contribution is 2.27. The smallest absolute Gasteiger partial charge is 0.341 e. The van der Waals surface area contributed by atoms with E-state index in [0.29, 0.717) is 5.02 Å². The minimum Gasteiger partial charge on any atom is -0.507 e. The molecule has 0 radical (unpaired) electrons. The number of esters is 1. The fourth-order valence-corrected chi connectivity index (χ4v) is 1.71. The lowest BCUT2D eigenvalue weighted by Gasteiger charge is -2.05. The fraction of sp³-hybridized carbons (Fsp3) is 0.0833. The Kier molecular flexibility index (Phi) is 2.71. The largest absolute Gasteiger partial charge is 0.507 e. The van der Waals surface area contributed by atoms with Gasteiger partial charge in [0.1, 0.15) is 11.3 Å². The van der Waals surface area contributed by atoms with E-state index in [1.165, 1.54) is 13.2 Å². The Balaban J connectivity index is 2.67. The molecule has 3 nitrogen and oxygen atoms in total. The lowest BCUT2D eigenvalue weighted by molar-refractivity contribution is 0.0597. The maximum Gasteiger partial charge on any atom is 0.341 e. The molecular weight excluding hydrogens is 228 g/mol. The van der Waals surface area contributed by atoms with Gasteiger partial charge in [-0.25, -0.2) is 4.79 Å². The Hall–Kier alpha value is -1.74. The Morgan fingerprint density at radius 1 is 1.25 bits per heavy atom. The highest BCUT2D eigenvalue weighted by atomic mass is 35.5. The van der Waals surface area contributed by atoms with Gasteiger partial charge in [-0.05, 0) is 35.0 Å². The first-order valence-electron chi connectivity index (χ1n) is 4.62. The second-order valence-electron chi connectivity index (χ2n) is 3.35. The number of ether oxygens (including phenoxy) is 1. The first kappa shape index (κ1) is 10.8. The second kappa shape index (κ2) is 4.02. The Morgan fingerprint density at radius 2 is 2.00 bits per heavy atom. The normalized spacial score (nSPS) is 10.4. The van der Waals surface area contributed by atoms with Gasteiger partial charge in [0.15, 0.2) is 0 Å². The second-order valence-corrected chi connectivity index (χ2v) is 3.79. The molecule has 16 heavy (non-hydrogen) atoms. The number of fused-ring (bicyclic) bond motifs is 1. The molecule has 2 aromatic rings. The first-order valence-corrected chi connectivity index (χ1v) is 5.00. The maximum absolute atomic E-state index is 11.3. The number of carbonyl (C=O) groups is 1. The Labute approximate surface area is 97.2 Å². The lowest BCUT2D eigenvalue weighted by Crippen LogP contribution is -2.01. The predicted molar refractivity (Wildman–Crippen MR) is 62.0 cm³/mol. The summed E-state index contributed by atoms with van der Waals surface area (Å²) in [5, 5.41) is 11.8. The number of halogens is 1. The summed E-state index contributed by atoms with van der Waals surface area (Å²) in [4.78, 5) is 11.3. The van der Waals surface area contributed by atoms with Crippen molar-refractivity contribution in [2.24, 2.45) is 0 Å². The summed E-state index contributed by atoms with van der Waals surface area (Å²) in [6.45, 7) is 0. The number of rotatable bonds is 1. The van der Waals surface area contributed by atoms with E-state index in [4.69, 9.17) is 11.6 Å². The fourth-order valence-electron chi connectivity index (χ4n) is 1.53. The molecule has 0 aliphatic heterocycles. The number of carbonyl (C=O) groups excluding carboxylic acids is 1. The van der Waals surface area contributed by atoms with Gasteiger partial charge in [-0.3, -0.25) is 0 Å². The van der Waals surface area contributed by atoms with Gasteiger partial charge in [0.25, 0.3) is 0 Å². The van der Waals surface area contributed by atoms with Crippen LogP contribution in [0.25, 0.3) is 10.8 Å². The molecule has 0 aliphatic carbocycles. The number of hydrogen-bond acceptors (Lipinski definition) is 3. The molecule has 0 fully saturated rings. The van der Waals surface area contributed by atoms with Crippen molar-refractivity contribution in [1.29, 1.82) is 0 Å². The standard InChI is InChI=1S/C12H9ClO3/c1-16-12(15)10-5-7-2-3-9(13)4-8(7)6-11(10)14/h2-6,14H,1H3. The van der Waals surface area contributed by atoms with E-state index >= 15 is 0 Å². The Morgan fingerprint density at radius 3 is 2.69 bits per heavy atom. The van der Waals surface area contributed by atoms with E-state index in [2.05, 4.69) is 4.74 Å². The zero-order chi connectivity index (χ0) is 11.7. The summed E-state index contributed by atoms with van der Waals surface area (Å²) in [6.07, 6.45) is 0. The molecule has 0 saturated carbocycles. The van der Waals surface area contributed by atoms with E-state index in [-0.39, 0.29) is 11.3 Å². The molecule has 0 bridgehead atoms. The topological polar surface area (TPSA) is 46.5 Å². The van der Waals surface area contributed by atoms with Crippen molar-refractivity contribution in [3.63, 3.8) is 0 Å². The summed E-state index contributed by atoms with van der Waals surface area (Å²) < 4.78 is 4.56. The van der Waals surface area contributed by atoms with Crippen LogP contribution in [0.1, 0.15) is 10.4 Å². The van der Waals surface area contributed by atoms with Crippen LogP contribution < -0.4 is 0 Å². The Bertz CT molecular complexity index is 563. The highest BCUT2D eigenvalue weighted by Gasteiger charge is 2.12. The van der Waals surface area contributed by atoms with Gasteiger partial charge >= 0.3 is 5.97 Å². The van der Waals surface area contributed by atoms with E-state index in [1.807, 2.05) is 0 Å². The van der Waals surface area contributed by atoms with Gasteiger partial charge in [0.2, 0.25) is 0 Å². The maximum atomic E-state index is 11.3. The molecule has 0 unspecified atom stereocenters. The van der Waals surface area contributed by atoms with Gasteiger partial charge in [-0.1, -0.05) is 17.7 Å². The molecule has 0 aliphatic rings. The quantitative estimate of drug-likeness (QED) is 0.775. The molecule has 82 valence electrons. The summed E-state index contributed by atoms with van der Waals surface area (Å²) in [7, 11) is 1.27. The number of methoxy groups -OCH3 is 1. The number of phenols is 1. The molecule has 0 saturated heterocycles. The molecular formula is C12H9ClO3. The van der Waals surface area contributed by atoms with Crippen LogP contribution >= 0.6 is 11.6 Å². The van der Waals surface area contributed by atoms with Gasteiger partial charge < -0.3 is 9.84 Å². The van der Waals surface area contributed by atoms with Gasteiger partial charge in [0.05, 0.1) is 7.11 Å². The van der Waals surface area contributed by atoms with Gasteiger partial charge in [0, 0.05) is 5.02 Å². The minimum atomic E-state index is -0.561. The van der Waals surface area contributed by atoms with Crippen LogP contribution in [0.3, 0.4) is 0 Å². The summed E-state index contributed by atoms with van der Waals surface area (Å²) >= 11 is 5.83. The number of phenolic OH excluding ortho intramolecular Hbond substituents is 1. The van der Waals surface area contributed by atoms with Gasteiger partial charge in [-0.15, -0.1) is 0 Å². The molecule has 4 heteroatoms. The molecule has 2 rings (SSSR count). The first-order chi connectivity index (χ1) is 7.61. The van der Waals surface area contributed by atoms with Crippen LogP contribution in [0.15, 0.2) is 30.3 Å². The molecule has 0 aromatic heterocycles. The minimum absolute atomic E-state index is 0.110. The SMILES string of the molecule is COC(=O)c1cc2ccc(Cl)cc2cc1O. The number of hydrogen-bond donors (Lipinski definition) is 1. The summed E-state index contributed by atoms with van der Waals surface area (Å²) in [5.41, 5.74) is 0.150. The van der Waals surface area contributed by atoms with Crippen molar-refractivity contribution >= 4 is 28.3 Å². The van der Waals surface area contributed by atoms with E-state index < -0.39 is 5.97 Å². The molecule has 0 spiro atoms. The molecule has 1 N–H and O–H groups in total. The molecule has 0 heterocycles. The van der Waals surface area contributed by atoms with E-state index in [0.717, 1.165) is 10.8 Å². The highest BCUT2D eigenvalue weighted by molar-refractivity contribution is 6.31. The van der Waals surface area contributed by atoms with Crippen LogP contribution in [-0.2, 0) is 4.74 Å². The lowest BCUT2D eigenvalue weighted by atomic mass is 10.1. The number of aromatic hydroxyl groups is 1. The summed E-state index contributed by atoms with van der Waals surface area (Å²) in [5.74, 6) is -0.670. The zero-order valence-corrected chi connectivity index (χ0v) is 9.28. The average Bonchev–Trinajstić information content (AvgIpc) is 2.27. The van der Waals surface area contributed by atoms with Crippen molar-refractivity contribution in [2.75, 3.05) is 7.11 Å². The van der Waals surface area contributed by atoms with Crippen LogP contribution in [0.4, 0.5) is 0 Å². The predicted octanol–water partition coefficient (Wildman–Crippen LogP) is 2.99. The van der Waals surface area contributed by atoms with Crippen molar-refractivity contribution in [1.82, 2.24) is 0 Å². The zero-order valence-electron chi connectivity index (χ0n) is 8.53. The molecule has 2 aromatic carbocycles. The van der Waals surface area contributed by atoms with Crippen LogP contribution in [0.5, 0.6) is 5.75 Å². The molecule has 0 atom stereocenters. The third-order valence-electron chi connectivity index (χ3n) is 2.32. The van der Waals surface area contributed by atoms with Crippen LogP contribution in [0, 0.1) is 0 Å². The third-order valence-corrected chi connectivity index (χ3v) is 2.56. The van der Waals surface area contributed by atoms with Crippen molar-refractivity contribution < 1.29 is 14.6 Å². The average molecular weight is 237 g/mol. The molecule has 0 amide bonds. The third kappa shape index (κ3) is 1.82. The van der Waals surface area contributed by atoms with Gasteiger partial charge in [-0.2, -0.15) is 0 Å². The van der Waals surface area contributed by atoms with Crippen molar-refractivity contribution in [3.8, 4) is 5.75 Å². The van der Waals surface area contributed by atoms with Crippen LogP contribution in [-0.4, -0.2) is 18.2 Å².